The molecule has 0 aromatic heterocycles. The first-order chi connectivity index (χ1) is 15.2. The zero-order chi connectivity index (χ0) is 23.0. The highest BCUT2D eigenvalue weighted by atomic mass is 16.5. The second-order valence-corrected chi connectivity index (χ2v) is 8.86. The first kappa shape index (κ1) is 21.9. The molecule has 4 rings (SSSR count). The van der Waals surface area contributed by atoms with E-state index in [1.54, 1.807) is 6.92 Å². The summed E-state index contributed by atoms with van der Waals surface area (Å²) in [5, 5.41) is 12.0. The number of ether oxygens (including phenoxy) is 1. The largest absolute Gasteiger partial charge is 0.480 e. The molecule has 32 heavy (non-hydrogen) atoms. The Morgan fingerprint density at radius 1 is 1.09 bits per heavy atom. The molecule has 2 aliphatic carbocycles. The van der Waals surface area contributed by atoms with E-state index in [-0.39, 0.29) is 18.4 Å². The maximum absolute atomic E-state index is 13.1. The Hall–Kier alpha value is -3.35. The summed E-state index contributed by atoms with van der Waals surface area (Å²) in [6, 6.07) is 15.2. The Balaban J connectivity index is 1.47. The van der Waals surface area contributed by atoms with Crippen LogP contribution < -0.4 is 5.32 Å². The lowest BCUT2D eigenvalue weighted by molar-refractivity contribution is -0.151. The highest BCUT2D eigenvalue weighted by Crippen LogP contribution is 2.45. The Labute approximate surface area is 187 Å². The molecule has 1 fully saturated rings. The fourth-order valence-corrected chi connectivity index (χ4v) is 4.55. The predicted molar refractivity (Wildman–Crippen MR) is 119 cm³/mol. The number of hydrogen-bond acceptors (Lipinski definition) is 4. The lowest BCUT2D eigenvalue weighted by atomic mass is 9.93. The van der Waals surface area contributed by atoms with Crippen LogP contribution in [0.25, 0.3) is 11.1 Å². The highest BCUT2D eigenvalue weighted by Gasteiger charge is 2.51. The SMILES string of the molecule is C[C@@H](C(=O)O)N(C)C(=O)C(C)(NC(=O)OCC1c2ccccc2-c2ccccc21)C1CC1. The van der Waals surface area contributed by atoms with Crippen LogP contribution in [-0.4, -0.2) is 53.2 Å². The van der Waals surface area contributed by atoms with Gasteiger partial charge in [-0.3, -0.25) is 4.79 Å². The summed E-state index contributed by atoms with van der Waals surface area (Å²) in [6.07, 6.45) is 0.911. The minimum atomic E-state index is -1.21. The third-order valence-electron chi connectivity index (χ3n) is 6.80. The van der Waals surface area contributed by atoms with Gasteiger partial charge in [0.1, 0.15) is 18.2 Å². The standard InChI is InChI=1S/C25H28N2O5/c1-15(22(28)29)27(3)23(30)25(2,16-12-13-16)26-24(31)32-14-21-19-10-6-4-8-17(19)18-9-5-7-11-20(18)21/h4-11,15-16,21H,12-14H2,1-3H3,(H,26,31)(H,28,29)/t15-,25?/m0/s1. The Morgan fingerprint density at radius 3 is 2.12 bits per heavy atom. The molecule has 1 unspecified atom stereocenters. The summed E-state index contributed by atoms with van der Waals surface area (Å²) in [4.78, 5) is 38.4. The number of carboxylic acid groups (broad SMARTS) is 1. The molecule has 2 N–H and O–H groups in total. The van der Waals surface area contributed by atoms with Gasteiger partial charge in [-0.1, -0.05) is 48.5 Å². The molecular formula is C25H28N2O5. The number of alkyl carbamates (subject to hydrolysis) is 1. The number of nitrogens with zero attached hydrogens (tertiary/aromatic N) is 1. The molecule has 0 heterocycles. The van der Waals surface area contributed by atoms with Gasteiger partial charge < -0.3 is 20.1 Å². The molecule has 0 saturated heterocycles. The van der Waals surface area contributed by atoms with Crippen LogP contribution in [-0.2, 0) is 14.3 Å². The van der Waals surface area contributed by atoms with Gasteiger partial charge in [0.05, 0.1) is 0 Å². The summed E-state index contributed by atoms with van der Waals surface area (Å²) in [7, 11) is 1.45. The Morgan fingerprint density at radius 2 is 1.62 bits per heavy atom. The van der Waals surface area contributed by atoms with E-state index < -0.39 is 29.6 Å². The minimum absolute atomic E-state index is 0.0427. The molecule has 0 bridgehead atoms. The van der Waals surface area contributed by atoms with Crippen molar-refractivity contribution in [1.82, 2.24) is 10.2 Å². The predicted octanol–water partition coefficient (Wildman–Crippen LogP) is 3.63. The van der Waals surface area contributed by atoms with E-state index in [0.717, 1.165) is 35.1 Å². The molecular weight excluding hydrogens is 408 g/mol. The second-order valence-electron chi connectivity index (χ2n) is 8.86. The number of likely N-dealkylation sites (N-methyl/N-ethyl adjacent to an activating group) is 1. The van der Waals surface area contributed by atoms with Gasteiger partial charge in [-0.15, -0.1) is 0 Å². The van der Waals surface area contributed by atoms with E-state index in [1.165, 1.54) is 18.9 Å². The van der Waals surface area contributed by atoms with E-state index in [2.05, 4.69) is 17.4 Å². The number of aliphatic carboxylic acids is 1. The van der Waals surface area contributed by atoms with Gasteiger partial charge in [0.15, 0.2) is 0 Å². The number of carbonyl (C=O) groups is 3. The molecule has 0 aliphatic heterocycles. The topological polar surface area (TPSA) is 95.9 Å². The van der Waals surface area contributed by atoms with Crippen molar-refractivity contribution >= 4 is 18.0 Å². The van der Waals surface area contributed by atoms with Crippen LogP contribution >= 0.6 is 0 Å². The molecule has 2 aliphatic rings. The van der Waals surface area contributed by atoms with Gasteiger partial charge in [-0.2, -0.15) is 0 Å². The number of benzene rings is 2. The van der Waals surface area contributed by atoms with Crippen molar-refractivity contribution in [2.24, 2.45) is 5.92 Å². The zero-order valence-corrected chi connectivity index (χ0v) is 18.5. The molecule has 2 aromatic carbocycles. The number of rotatable bonds is 7. The summed E-state index contributed by atoms with van der Waals surface area (Å²) >= 11 is 0. The highest BCUT2D eigenvalue weighted by molar-refractivity contribution is 5.93. The van der Waals surface area contributed by atoms with E-state index in [4.69, 9.17) is 4.74 Å². The summed E-state index contributed by atoms with van der Waals surface area (Å²) in [5.41, 5.74) is 3.29. The van der Waals surface area contributed by atoms with Crippen LogP contribution in [0.5, 0.6) is 0 Å². The number of carbonyl (C=O) groups excluding carboxylic acids is 2. The molecule has 7 nitrogen and oxygen atoms in total. The summed E-state index contributed by atoms with van der Waals surface area (Å²) in [5.74, 6) is -1.65. The number of amides is 2. The smallest absolute Gasteiger partial charge is 0.408 e. The van der Waals surface area contributed by atoms with Crippen LogP contribution in [0.4, 0.5) is 4.79 Å². The van der Waals surface area contributed by atoms with Gasteiger partial charge in [0.2, 0.25) is 5.91 Å². The maximum atomic E-state index is 13.1. The van der Waals surface area contributed by atoms with Crippen LogP contribution in [0.15, 0.2) is 48.5 Å². The first-order valence-electron chi connectivity index (χ1n) is 10.9. The Kier molecular flexibility index (Phi) is 5.67. The van der Waals surface area contributed by atoms with E-state index in [9.17, 15) is 19.5 Å². The number of hydrogen-bond donors (Lipinski definition) is 2. The number of carboxylic acids is 1. The fraction of sp³-hybridized carbons (Fsp3) is 0.400. The first-order valence-corrected chi connectivity index (χ1v) is 10.9. The van der Waals surface area contributed by atoms with Crippen molar-refractivity contribution in [2.75, 3.05) is 13.7 Å². The maximum Gasteiger partial charge on any atom is 0.408 e. The van der Waals surface area contributed by atoms with Gasteiger partial charge in [-0.05, 0) is 54.9 Å². The third kappa shape index (κ3) is 3.83. The molecule has 0 radical (unpaired) electrons. The number of fused-ring (bicyclic) bond motifs is 3. The monoisotopic (exact) mass is 436 g/mol. The van der Waals surface area contributed by atoms with Crippen molar-refractivity contribution in [2.45, 2.75) is 44.2 Å². The van der Waals surface area contributed by atoms with Gasteiger partial charge in [-0.25, -0.2) is 9.59 Å². The normalized spacial score (nSPS) is 17.5. The van der Waals surface area contributed by atoms with Gasteiger partial charge in [0, 0.05) is 13.0 Å². The van der Waals surface area contributed by atoms with Gasteiger partial charge in [0.25, 0.3) is 0 Å². The lowest BCUT2D eigenvalue weighted by Crippen LogP contribution is -2.60. The minimum Gasteiger partial charge on any atom is -0.480 e. The molecule has 0 spiro atoms. The van der Waals surface area contributed by atoms with Crippen LogP contribution in [0.1, 0.15) is 43.7 Å². The quantitative estimate of drug-likeness (QED) is 0.691. The average molecular weight is 437 g/mol. The summed E-state index contributed by atoms with van der Waals surface area (Å²) < 4.78 is 5.61. The van der Waals surface area contributed by atoms with Crippen LogP contribution in [0, 0.1) is 5.92 Å². The van der Waals surface area contributed by atoms with Crippen molar-refractivity contribution in [1.29, 1.82) is 0 Å². The second kappa shape index (κ2) is 8.30. The average Bonchev–Trinajstić information content (AvgIpc) is 3.60. The van der Waals surface area contributed by atoms with E-state index >= 15 is 0 Å². The van der Waals surface area contributed by atoms with Crippen molar-refractivity contribution in [3.05, 3.63) is 59.7 Å². The molecule has 2 aromatic rings. The molecule has 7 heteroatoms. The molecule has 2 amide bonds. The molecule has 1 saturated carbocycles. The van der Waals surface area contributed by atoms with Gasteiger partial charge >= 0.3 is 12.1 Å². The lowest BCUT2D eigenvalue weighted by Gasteiger charge is -2.35. The van der Waals surface area contributed by atoms with Crippen molar-refractivity contribution < 1.29 is 24.2 Å². The zero-order valence-electron chi connectivity index (χ0n) is 18.5. The molecule has 2 atom stereocenters. The van der Waals surface area contributed by atoms with Crippen LogP contribution in [0.3, 0.4) is 0 Å². The van der Waals surface area contributed by atoms with E-state index in [1.807, 2.05) is 36.4 Å². The van der Waals surface area contributed by atoms with Crippen molar-refractivity contribution in [3.8, 4) is 11.1 Å². The Bertz CT molecular complexity index is 1020. The van der Waals surface area contributed by atoms with E-state index in [0.29, 0.717) is 0 Å². The number of nitrogens with one attached hydrogen (secondary N) is 1. The van der Waals surface area contributed by atoms with Crippen LogP contribution in [0.2, 0.25) is 0 Å². The fourth-order valence-electron chi connectivity index (χ4n) is 4.55. The van der Waals surface area contributed by atoms with Crippen molar-refractivity contribution in [3.63, 3.8) is 0 Å². The third-order valence-corrected chi connectivity index (χ3v) is 6.80. The summed E-state index contributed by atoms with van der Waals surface area (Å²) in [6.45, 7) is 3.25. The molecule has 168 valence electrons.